The van der Waals surface area contributed by atoms with Gasteiger partial charge >= 0.3 is 6.18 Å². The van der Waals surface area contributed by atoms with E-state index >= 15 is 0 Å². The average molecular weight is 430 g/mol. The van der Waals surface area contributed by atoms with Crippen molar-refractivity contribution in [2.75, 3.05) is 31.1 Å². The Hall–Kier alpha value is -3.01. The van der Waals surface area contributed by atoms with Crippen LogP contribution in [0.4, 0.5) is 24.5 Å². The SMILES string of the molecule is O=C(c1cccc(O)c1)N1CCN(c2cc(Cl)c(C(F)(F)F)cc2[N+](=O)[O-])CC1. The van der Waals surface area contributed by atoms with Crippen LogP contribution in [0.5, 0.6) is 5.75 Å². The lowest BCUT2D eigenvalue weighted by Crippen LogP contribution is -2.49. The normalized spacial score (nSPS) is 14.8. The van der Waals surface area contributed by atoms with Crippen molar-refractivity contribution >= 4 is 28.9 Å². The van der Waals surface area contributed by atoms with E-state index in [1.165, 1.54) is 28.0 Å². The summed E-state index contributed by atoms with van der Waals surface area (Å²) in [5.74, 6) is -0.370. The zero-order valence-corrected chi connectivity index (χ0v) is 15.6. The Labute approximate surface area is 168 Å². The topological polar surface area (TPSA) is 86.9 Å². The highest BCUT2D eigenvalue weighted by Crippen LogP contribution is 2.41. The van der Waals surface area contributed by atoms with Gasteiger partial charge in [0.25, 0.3) is 11.6 Å². The van der Waals surface area contributed by atoms with Crippen LogP contribution in [-0.2, 0) is 6.18 Å². The molecule has 1 N–H and O–H groups in total. The number of hydrogen-bond acceptors (Lipinski definition) is 5. The number of nitro groups is 1. The third kappa shape index (κ3) is 4.37. The van der Waals surface area contributed by atoms with Gasteiger partial charge in [-0.25, -0.2) is 0 Å². The zero-order valence-electron chi connectivity index (χ0n) is 14.8. The fourth-order valence-electron chi connectivity index (χ4n) is 3.14. The highest BCUT2D eigenvalue weighted by molar-refractivity contribution is 6.31. The van der Waals surface area contributed by atoms with Crippen LogP contribution in [0.3, 0.4) is 0 Å². The number of piperazine rings is 1. The summed E-state index contributed by atoms with van der Waals surface area (Å²) < 4.78 is 39.0. The Kier molecular flexibility index (Phi) is 5.56. The zero-order chi connectivity index (χ0) is 21.3. The van der Waals surface area contributed by atoms with Gasteiger partial charge in [-0.05, 0) is 24.3 Å². The predicted molar refractivity (Wildman–Crippen MR) is 99.3 cm³/mol. The quantitative estimate of drug-likeness (QED) is 0.590. The summed E-state index contributed by atoms with van der Waals surface area (Å²) in [6.45, 7) is 0.745. The first-order valence-electron chi connectivity index (χ1n) is 8.46. The molecule has 1 aliphatic rings. The van der Waals surface area contributed by atoms with E-state index in [1.807, 2.05) is 0 Å². The van der Waals surface area contributed by atoms with Crippen LogP contribution in [0.15, 0.2) is 36.4 Å². The molecule has 0 saturated carbocycles. The summed E-state index contributed by atoms with van der Waals surface area (Å²) in [5.41, 5.74) is -1.71. The minimum atomic E-state index is -4.81. The van der Waals surface area contributed by atoms with Crippen molar-refractivity contribution in [1.29, 1.82) is 0 Å². The molecule has 29 heavy (non-hydrogen) atoms. The third-order valence-electron chi connectivity index (χ3n) is 4.57. The minimum absolute atomic E-state index is 0.0301. The third-order valence-corrected chi connectivity index (χ3v) is 4.88. The number of aromatic hydroxyl groups is 1. The van der Waals surface area contributed by atoms with E-state index in [0.717, 1.165) is 6.07 Å². The number of amides is 1. The summed E-state index contributed by atoms with van der Waals surface area (Å²) in [5, 5.41) is 20.2. The molecule has 1 amide bonds. The largest absolute Gasteiger partial charge is 0.508 e. The highest BCUT2D eigenvalue weighted by Gasteiger charge is 2.37. The summed E-state index contributed by atoms with van der Waals surface area (Å²) >= 11 is 5.73. The molecule has 0 unspecified atom stereocenters. The molecule has 0 aliphatic carbocycles. The molecule has 0 atom stereocenters. The lowest BCUT2D eigenvalue weighted by molar-refractivity contribution is -0.384. The van der Waals surface area contributed by atoms with Crippen molar-refractivity contribution in [3.63, 3.8) is 0 Å². The van der Waals surface area contributed by atoms with Gasteiger partial charge in [0, 0.05) is 37.8 Å². The Balaban J connectivity index is 1.81. The van der Waals surface area contributed by atoms with Crippen LogP contribution in [0, 0.1) is 10.1 Å². The molecule has 0 spiro atoms. The summed E-state index contributed by atoms with van der Waals surface area (Å²) in [7, 11) is 0. The number of halogens is 4. The molecule has 2 aromatic carbocycles. The van der Waals surface area contributed by atoms with Gasteiger partial charge in [-0.1, -0.05) is 17.7 Å². The monoisotopic (exact) mass is 429 g/mol. The van der Waals surface area contributed by atoms with Gasteiger partial charge in [-0.15, -0.1) is 0 Å². The van der Waals surface area contributed by atoms with Gasteiger partial charge in [-0.3, -0.25) is 14.9 Å². The first kappa shape index (κ1) is 20.7. The molecule has 2 aromatic rings. The molecular weight excluding hydrogens is 415 g/mol. The van der Waals surface area contributed by atoms with Gasteiger partial charge in [0.2, 0.25) is 0 Å². The Morgan fingerprint density at radius 3 is 2.34 bits per heavy atom. The molecule has 0 bridgehead atoms. The number of nitro benzene ring substituents is 1. The van der Waals surface area contributed by atoms with Crippen molar-refractivity contribution < 1.29 is 28.0 Å². The molecule has 1 aliphatic heterocycles. The van der Waals surface area contributed by atoms with Crippen LogP contribution < -0.4 is 4.90 Å². The average Bonchev–Trinajstić information content (AvgIpc) is 2.66. The minimum Gasteiger partial charge on any atom is -0.508 e. The van der Waals surface area contributed by atoms with Gasteiger partial charge < -0.3 is 14.9 Å². The second kappa shape index (κ2) is 7.78. The molecule has 0 aromatic heterocycles. The number of phenols is 1. The van der Waals surface area contributed by atoms with E-state index in [1.54, 1.807) is 6.07 Å². The van der Waals surface area contributed by atoms with E-state index in [0.29, 0.717) is 11.6 Å². The van der Waals surface area contributed by atoms with E-state index in [4.69, 9.17) is 11.6 Å². The number of phenolic OH excluding ortho intramolecular Hbond substituents is 1. The number of alkyl halides is 3. The fraction of sp³-hybridized carbons (Fsp3) is 0.278. The Morgan fingerprint density at radius 1 is 1.14 bits per heavy atom. The van der Waals surface area contributed by atoms with E-state index < -0.39 is 27.4 Å². The van der Waals surface area contributed by atoms with Crippen molar-refractivity contribution in [1.82, 2.24) is 4.90 Å². The molecule has 3 rings (SSSR count). The van der Waals surface area contributed by atoms with Gasteiger partial charge in [0.1, 0.15) is 11.4 Å². The molecule has 0 radical (unpaired) electrons. The number of carbonyl (C=O) groups is 1. The fourth-order valence-corrected chi connectivity index (χ4v) is 3.41. The molecular formula is C18H15ClF3N3O4. The number of benzene rings is 2. The predicted octanol–water partition coefficient (Wildman–Crippen LogP) is 3.94. The van der Waals surface area contributed by atoms with Crippen molar-refractivity contribution in [2.45, 2.75) is 6.18 Å². The van der Waals surface area contributed by atoms with Gasteiger partial charge in [-0.2, -0.15) is 13.2 Å². The van der Waals surface area contributed by atoms with E-state index in [9.17, 15) is 33.2 Å². The first-order chi connectivity index (χ1) is 13.6. The number of rotatable bonds is 3. The Morgan fingerprint density at radius 2 is 1.79 bits per heavy atom. The maximum atomic E-state index is 13.0. The van der Waals surface area contributed by atoms with Gasteiger partial charge in [0.05, 0.1) is 15.5 Å². The van der Waals surface area contributed by atoms with Crippen molar-refractivity contribution in [3.05, 3.63) is 62.7 Å². The molecule has 1 heterocycles. The lowest BCUT2D eigenvalue weighted by Gasteiger charge is -2.36. The van der Waals surface area contributed by atoms with E-state index in [-0.39, 0.29) is 43.5 Å². The second-order valence-electron chi connectivity index (χ2n) is 6.41. The summed E-state index contributed by atoms with van der Waals surface area (Å²) in [4.78, 5) is 26.0. The van der Waals surface area contributed by atoms with Crippen molar-refractivity contribution in [3.8, 4) is 5.75 Å². The van der Waals surface area contributed by atoms with Gasteiger partial charge in [0.15, 0.2) is 0 Å². The standard InChI is InChI=1S/C18H15ClF3N3O4/c19-14-10-15(16(25(28)29)9-13(14)18(20,21)22)23-4-6-24(7-5-23)17(27)11-2-1-3-12(26)8-11/h1-3,8-10,26H,4-7H2. The maximum Gasteiger partial charge on any atom is 0.418 e. The molecule has 11 heteroatoms. The lowest BCUT2D eigenvalue weighted by atomic mass is 10.1. The van der Waals surface area contributed by atoms with E-state index in [2.05, 4.69) is 0 Å². The molecule has 154 valence electrons. The smallest absolute Gasteiger partial charge is 0.418 e. The first-order valence-corrected chi connectivity index (χ1v) is 8.84. The Bertz CT molecular complexity index is 960. The summed E-state index contributed by atoms with van der Waals surface area (Å²) in [6.07, 6.45) is -4.81. The number of carbonyl (C=O) groups excluding carboxylic acids is 1. The van der Waals surface area contributed by atoms with Crippen LogP contribution in [0.1, 0.15) is 15.9 Å². The van der Waals surface area contributed by atoms with Crippen LogP contribution in [-0.4, -0.2) is 47.0 Å². The van der Waals surface area contributed by atoms with Crippen LogP contribution in [0.25, 0.3) is 0 Å². The number of nitrogens with zero attached hydrogens (tertiary/aromatic N) is 3. The molecule has 1 saturated heterocycles. The number of anilines is 1. The number of hydrogen-bond donors (Lipinski definition) is 1. The highest BCUT2D eigenvalue weighted by atomic mass is 35.5. The maximum absolute atomic E-state index is 13.0. The molecule has 1 fully saturated rings. The summed E-state index contributed by atoms with van der Waals surface area (Å²) in [6, 6.07) is 7.22. The van der Waals surface area contributed by atoms with Crippen LogP contribution >= 0.6 is 11.6 Å². The van der Waals surface area contributed by atoms with Crippen LogP contribution in [0.2, 0.25) is 5.02 Å². The van der Waals surface area contributed by atoms with Crippen molar-refractivity contribution in [2.24, 2.45) is 0 Å². The second-order valence-corrected chi connectivity index (χ2v) is 6.81. The molecule has 7 nitrogen and oxygen atoms in total.